The molecule has 6 nitrogen and oxygen atoms in total. The van der Waals surface area contributed by atoms with E-state index < -0.39 is 11.9 Å². The SMILES string of the molecule is CC(C)C(CNc1nccnc1C#N)C(=O)O. The van der Waals surface area contributed by atoms with Crippen LogP contribution in [-0.4, -0.2) is 27.6 Å². The Hall–Kier alpha value is -2.16. The highest BCUT2D eigenvalue weighted by atomic mass is 16.4. The second-order valence-corrected chi connectivity index (χ2v) is 3.94. The fourth-order valence-electron chi connectivity index (χ4n) is 1.36. The Labute approximate surface area is 99.3 Å². The van der Waals surface area contributed by atoms with Crippen molar-refractivity contribution in [3.8, 4) is 6.07 Å². The number of nitriles is 1. The lowest BCUT2D eigenvalue weighted by Gasteiger charge is -2.17. The lowest BCUT2D eigenvalue weighted by Crippen LogP contribution is -2.28. The molecule has 1 heterocycles. The van der Waals surface area contributed by atoms with Crippen LogP contribution in [0.4, 0.5) is 5.82 Å². The highest BCUT2D eigenvalue weighted by molar-refractivity contribution is 5.71. The summed E-state index contributed by atoms with van der Waals surface area (Å²) in [6.07, 6.45) is 2.87. The van der Waals surface area contributed by atoms with E-state index in [0.29, 0.717) is 5.82 Å². The Morgan fingerprint density at radius 1 is 1.53 bits per heavy atom. The highest BCUT2D eigenvalue weighted by Gasteiger charge is 2.21. The standard InChI is InChI=1S/C11H14N4O2/c1-7(2)8(11(16)17)6-15-10-9(5-12)13-3-4-14-10/h3-4,7-8H,6H2,1-2H3,(H,14,15)(H,16,17). The molecule has 0 saturated carbocycles. The van der Waals surface area contributed by atoms with Crippen LogP contribution in [0.15, 0.2) is 12.4 Å². The van der Waals surface area contributed by atoms with Gasteiger partial charge in [-0.3, -0.25) is 4.79 Å². The molecule has 90 valence electrons. The lowest BCUT2D eigenvalue weighted by atomic mass is 9.96. The second kappa shape index (κ2) is 5.80. The van der Waals surface area contributed by atoms with Crippen LogP contribution in [0.5, 0.6) is 0 Å². The van der Waals surface area contributed by atoms with E-state index in [1.54, 1.807) is 0 Å². The molecule has 0 aliphatic rings. The van der Waals surface area contributed by atoms with Gasteiger partial charge in [-0.15, -0.1) is 0 Å². The predicted molar refractivity (Wildman–Crippen MR) is 61.2 cm³/mol. The summed E-state index contributed by atoms with van der Waals surface area (Å²) in [4.78, 5) is 18.8. The molecular formula is C11H14N4O2. The van der Waals surface area contributed by atoms with Crippen molar-refractivity contribution in [3.05, 3.63) is 18.1 Å². The van der Waals surface area contributed by atoms with Gasteiger partial charge in [0.05, 0.1) is 5.92 Å². The van der Waals surface area contributed by atoms with E-state index in [-0.39, 0.29) is 18.2 Å². The Morgan fingerprint density at radius 2 is 2.18 bits per heavy atom. The van der Waals surface area contributed by atoms with Gasteiger partial charge in [0, 0.05) is 18.9 Å². The zero-order valence-corrected chi connectivity index (χ0v) is 9.71. The van der Waals surface area contributed by atoms with E-state index >= 15 is 0 Å². The minimum atomic E-state index is -0.866. The smallest absolute Gasteiger partial charge is 0.308 e. The van der Waals surface area contributed by atoms with Gasteiger partial charge in [0.25, 0.3) is 0 Å². The van der Waals surface area contributed by atoms with E-state index in [2.05, 4.69) is 15.3 Å². The van der Waals surface area contributed by atoms with E-state index in [0.717, 1.165) is 0 Å². The molecule has 0 aromatic carbocycles. The Kier molecular flexibility index (Phi) is 4.40. The van der Waals surface area contributed by atoms with E-state index in [4.69, 9.17) is 10.4 Å². The molecule has 1 unspecified atom stereocenters. The van der Waals surface area contributed by atoms with Crippen molar-refractivity contribution >= 4 is 11.8 Å². The average Bonchev–Trinajstić information content (AvgIpc) is 2.29. The summed E-state index contributed by atoms with van der Waals surface area (Å²) >= 11 is 0. The molecule has 0 spiro atoms. The molecule has 1 rings (SSSR count). The third-order valence-corrected chi connectivity index (χ3v) is 2.42. The summed E-state index contributed by atoms with van der Waals surface area (Å²) in [5, 5.41) is 20.7. The lowest BCUT2D eigenvalue weighted by molar-refractivity contribution is -0.142. The molecule has 0 aliphatic heterocycles. The number of carboxylic acids is 1. The fraction of sp³-hybridized carbons (Fsp3) is 0.455. The van der Waals surface area contributed by atoms with E-state index in [9.17, 15) is 4.79 Å². The first-order valence-electron chi connectivity index (χ1n) is 5.24. The number of rotatable bonds is 5. The number of nitrogens with zero attached hydrogens (tertiary/aromatic N) is 3. The van der Waals surface area contributed by atoms with Gasteiger partial charge in [0.1, 0.15) is 6.07 Å². The van der Waals surface area contributed by atoms with Crippen molar-refractivity contribution in [2.75, 3.05) is 11.9 Å². The van der Waals surface area contributed by atoms with Crippen LogP contribution in [0.3, 0.4) is 0 Å². The van der Waals surface area contributed by atoms with Crippen molar-refractivity contribution in [2.24, 2.45) is 11.8 Å². The number of aromatic nitrogens is 2. The third kappa shape index (κ3) is 3.41. The summed E-state index contributed by atoms with van der Waals surface area (Å²) in [5.74, 6) is -1.07. The van der Waals surface area contributed by atoms with Gasteiger partial charge in [0.2, 0.25) is 0 Å². The Morgan fingerprint density at radius 3 is 2.71 bits per heavy atom. The third-order valence-electron chi connectivity index (χ3n) is 2.42. The van der Waals surface area contributed by atoms with Crippen molar-refractivity contribution < 1.29 is 9.90 Å². The van der Waals surface area contributed by atoms with Crippen molar-refractivity contribution in [1.29, 1.82) is 5.26 Å². The van der Waals surface area contributed by atoms with Crippen LogP contribution in [-0.2, 0) is 4.79 Å². The van der Waals surface area contributed by atoms with Crippen molar-refractivity contribution in [2.45, 2.75) is 13.8 Å². The average molecular weight is 234 g/mol. The molecule has 0 radical (unpaired) electrons. The summed E-state index contributed by atoms with van der Waals surface area (Å²) in [6.45, 7) is 3.89. The zero-order valence-electron chi connectivity index (χ0n) is 9.71. The van der Waals surface area contributed by atoms with Gasteiger partial charge in [-0.2, -0.15) is 5.26 Å². The van der Waals surface area contributed by atoms with Crippen LogP contribution >= 0.6 is 0 Å². The maximum atomic E-state index is 11.0. The fourth-order valence-corrected chi connectivity index (χ4v) is 1.36. The number of aliphatic carboxylic acids is 1. The maximum absolute atomic E-state index is 11.0. The topological polar surface area (TPSA) is 98.9 Å². The molecule has 0 aliphatic carbocycles. The first-order valence-corrected chi connectivity index (χ1v) is 5.24. The minimum absolute atomic E-state index is 0.00204. The van der Waals surface area contributed by atoms with Gasteiger partial charge >= 0.3 is 5.97 Å². The van der Waals surface area contributed by atoms with Gasteiger partial charge in [-0.05, 0) is 5.92 Å². The first-order chi connectivity index (χ1) is 8.06. The second-order valence-electron chi connectivity index (χ2n) is 3.94. The molecule has 0 amide bonds. The van der Waals surface area contributed by atoms with E-state index in [1.165, 1.54) is 12.4 Å². The molecule has 1 aromatic rings. The summed E-state index contributed by atoms with van der Waals surface area (Å²) in [6, 6.07) is 1.89. The Bertz CT molecular complexity index is 439. The van der Waals surface area contributed by atoms with Crippen LogP contribution < -0.4 is 5.32 Å². The predicted octanol–water partition coefficient (Wildman–Crippen LogP) is 1.12. The number of carbonyl (C=O) groups is 1. The van der Waals surface area contributed by atoms with Crippen LogP contribution in [0.1, 0.15) is 19.5 Å². The monoisotopic (exact) mass is 234 g/mol. The van der Waals surface area contributed by atoms with Gasteiger partial charge in [-0.25, -0.2) is 9.97 Å². The quantitative estimate of drug-likeness (QED) is 0.792. The van der Waals surface area contributed by atoms with Gasteiger partial charge in [-0.1, -0.05) is 13.8 Å². The maximum Gasteiger partial charge on any atom is 0.308 e. The number of anilines is 1. The summed E-state index contributed by atoms with van der Waals surface area (Å²) in [7, 11) is 0. The number of hydrogen-bond acceptors (Lipinski definition) is 5. The van der Waals surface area contributed by atoms with Crippen LogP contribution in [0, 0.1) is 23.2 Å². The summed E-state index contributed by atoms with van der Waals surface area (Å²) < 4.78 is 0. The van der Waals surface area contributed by atoms with Crippen LogP contribution in [0.25, 0.3) is 0 Å². The zero-order chi connectivity index (χ0) is 12.8. The van der Waals surface area contributed by atoms with Gasteiger partial charge < -0.3 is 10.4 Å². The highest BCUT2D eigenvalue weighted by Crippen LogP contribution is 2.13. The number of nitrogens with one attached hydrogen (secondary N) is 1. The van der Waals surface area contributed by atoms with Crippen molar-refractivity contribution in [3.63, 3.8) is 0 Å². The summed E-state index contributed by atoms with van der Waals surface area (Å²) in [5.41, 5.74) is 0.167. The number of hydrogen-bond donors (Lipinski definition) is 2. The minimum Gasteiger partial charge on any atom is -0.481 e. The first kappa shape index (κ1) is 12.9. The van der Waals surface area contributed by atoms with Crippen molar-refractivity contribution in [1.82, 2.24) is 9.97 Å². The van der Waals surface area contributed by atoms with E-state index in [1.807, 2.05) is 19.9 Å². The number of carboxylic acid groups (broad SMARTS) is 1. The largest absolute Gasteiger partial charge is 0.481 e. The molecule has 2 N–H and O–H groups in total. The normalized spacial score (nSPS) is 11.9. The molecule has 0 bridgehead atoms. The molecule has 0 fully saturated rings. The molecule has 1 atom stereocenters. The Balaban J connectivity index is 2.73. The molecule has 1 aromatic heterocycles. The molecule has 0 saturated heterocycles. The molecule has 17 heavy (non-hydrogen) atoms. The molecule has 6 heteroatoms. The molecular weight excluding hydrogens is 220 g/mol. The van der Waals surface area contributed by atoms with Gasteiger partial charge in [0.15, 0.2) is 11.5 Å². The van der Waals surface area contributed by atoms with Crippen LogP contribution in [0.2, 0.25) is 0 Å².